The van der Waals surface area contributed by atoms with Gasteiger partial charge in [0.05, 0.1) is 19.3 Å². The molecule has 7 heteroatoms. The number of carbonyl (C=O) groups excluding carboxylic acids is 2. The summed E-state index contributed by atoms with van der Waals surface area (Å²) in [7, 11) is 1.60. The van der Waals surface area contributed by atoms with E-state index in [4.69, 9.17) is 16.3 Å². The molecule has 0 aliphatic carbocycles. The van der Waals surface area contributed by atoms with Gasteiger partial charge in [0.15, 0.2) is 4.87 Å². The number of thioether (sulfide) groups is 1. The maximum absolute atomic E-state index is 14.0. The molecule has 1 atom stereocenters. The van der Waals surface area contributed by atoms with E-state index >= 15 is 0 Å². The minimum Gasteiger partial charge on any atom is -0.497 e. The summed E-state index contributed by atoms with van der Waals surface area (Å²) < 4.78 is 5.47. The number of carbonyl (C=O) groups is 2. The average Bonchev–Trinajstić information content (AvgIpc) is 3.36. The van der Waals surface area contributed by atoms with Gasteiger partial charge in [-0.3, -0.25) is 9.59 Å². The van der Waals surface area contributed by atoms with Gasteiger partial charge in [-0.15, -0.1) is 11.8 Å². The lowest BCUT2D eigenvalue weighted by Gasteiger charge is -2.33. The van der Waals surface area contributed by atoms with E-state index in [1.54, 1.807) is 41.2 Å². The van der Waals surface area contributed by atoms with Crippen LogP contribution in [0.25, 0.3) is 0 Å². The van der Waals surface area contributed by atoms with Crippen LogP contribution < -0.4 is 9.64 Å². The van der Waals surface area contributed by atoms with Gasteiger partial charge in [0.25, 0.3) is 11.8 Å². The monoisotopic (exact) mass is 464 g/mol. The number of amides is 2. The van der Waals surface area contributed by atoms with Crippen LogP contribution in [0.1, 0.15) is 21.5 Å². The van der Waals surface area contributed by atoms with Crippen molar-refractivity contribution >= 4 is 40.9 Å². The number of hydrogen-bond acceptors (Lipinski definition) is 4. The van der Waals surface area contributed by atoms with Crippen molar-refractivity contribution in [2.45, 2.75) is 11.4 Å². The van der Waals surface area contributed by atoms with E-state index in [1.807, 2.05) is 48.5 Å². The molecule has 0 bridgehead atoms. The Morgan fingerprint density at radius 1 is 1.09 bits per heavy atom. The van der Waals surface area contributed by atoms with E-state index < -0.39 is 4.87 Å². The highest BCUT2D eigenvalue weighted by atomic mass is 35.5. The second-order valence-corrected chi connectivity index (χ2v) is 9.44. The largest absolute Gasteiger partial charge is 0.497 e. The fourth-order valence-corrected chi connectivity index (χ4v) is 6.06. The van der Waals surface area contributed by atoms with Crippen molar-refractivity contribution in [3.63, 3.8) is 0 Å². The third-order valence-corrected chi connectivity index (χ3v) is 7.56. The quantitative estimate of drug-likeness (QED) is 0.549. The number of benzene rings is 3. The zero-order valence-corrected chi connectivity index (χ0v) is 19.0. The second-order valence-electron chi connectivity index (χ2n) is 7.72. The minimum atomic E-state index is -1.13. The molecule has 1 spiro atoms. The number of anilines is 1. The first-order valence-corrected chi connectivity index (χ1v) is 11.7. The molecule has 0 radical (unpaired) electrons. The van der Waals surface area contributed by atoms with Crippen LogP contribution in [0.3, 0.4) is 0 Å². The summed E-state index contributed by atoms with van der Waals surface area (Å²) in [4.78, 5) is 30.0. The van der Waals surface area contributed by atoms with Gasteiger partial charge in [0.1, 0.15) is 5.75 Å². The fourth-order valence-electron chi connectivity index (χ4n) is 4.42. The van der Waals surface area contributed by atoms with Gasteiger partial charge in [0.2, 0.25) is 0 Å². The van der Waals surface area contributed by atoms with E-state index in [1.165, 1.54) is 11.8 Å². The topological polar surface area (TPSA) is 49.9 Å². The molecule has 32 heavy (non-hydrogen) atoms. The van der Waals surface area contributed by atoms with Crippen LogP contribution in [0, 0.1) is 0 Å². The zero-order chi connectivity index (χ0) is 22.3. The summed E-state index contributed by atoms with van der Waals surface area (Å²) in [6.45, 7) is 0.901. The van der Waals surface area contributed by atoms with Gasteiger partial charge < -0.3 is 14.5 Å². The maximum atomic E-state index is 14.0. The van der Waals surface area contributed by atoms with E-state index in [0.717, 1.165) is 16.8 Å². The summed E-state index contributed by atoms with van der Waals surface area (Å²) in [5, 5.41) is 0.488. The van der Waals surface area contributed by atoms with Gasteiger partial charge >= 0.3 is 0 Å². The van der Waals surface area contributed by atoms with Crippen LogP contribution in [0.15, 0.2) is 72.8 Å². The highest BCUT2D eigenvalue weighted by Gasteiger charge is 2.59. The number of rotatable bonds is 4. The number of fused-ring (bicyclic) bond motifs is 2. The molecule has 2 heterocycles. The van der Waals surface area contributed by atoms with Crippen molar-refractivity contribution in [2.75, 3.05) is 24.3 Å². The lowest BCUT2D eigenvalue weighted by molar-refractivity contribution is -0.123. The molecule has 1 fully saturated rings. The van der Waals surface area contributed by atoms with E-state index in [2.05, 4.69) is 0 Å². The molecule has 3 aromatic carbocycles. The summed E-state index contributed by atoms with van der Waals surface area (Å²) in [5.74, 6) is 0.997. The number of ether oxygens (including phenoxy) is 1. The van der Waals surface area contributed by atoms with Crippen LogP contribution >= 0.6 is 23.4 Å². The molecule has 0 aromatic heterocycles. The lowest BCUT2D eigenvalue weighted by Crippen LogP contribution is -2.50. The van der Waals surface area contributed by atoms with Gasteiger partial charge in [-0.25, -0.2) is 0 Å². The Balaban J connectivity index is 1.62. The Hall–Kier alpha value is -2.96. The Morgan fingerprint density at radius 2 is 1.91 bits per heavy atom. The van der Waals surface area contributed by atoms with Crippen LogP contribution in [-0.4, -0.2) is 36.1 Å². The normalized spacial score (nSPS) is 19.5. The summed E-state index contributed by atoms with van der Waals surface area (Å²) >= 11 is 7.64. The van der Waals surface area contributed by atoms with Crippen molar-refractivity contribution < 1.29 is 14.3 Å². The van der Waals surface area contributed by atoms with Crippen molar-refractivity contribution in [1.29, 1.82) is 0 Å². The third-order valence-electron chi connectivity index (χ3n) is 5.90. The van der Waals surface area contributed by atoms with Crippen LogP contribution in [0.4, 0.5) is 5.69 Å². The van der Waals surface area contributed by atoms with Crippen molar-refractivity contribution in [2.24, 2.45) is 0 Å². The lowest BCUT2D eigenvalue weighted by atomic mass is 10.0. The fraction of sp³-hybridized carbons (Fsp3) is 0.200. The number of hydrogen-bond donors (Lipinski definition) is 0. The van der Waals surface area contributed by atoms with E-state index in [-0.39, 0.29) is 11.8 Å². The van der Waals surface area contributed by atoms with Gasteiger partial charge in [0, 0.05) is 28.4 Å². The number of nitrogens with zero attached hydrogens (tertiary/aromatic N) is 2. The first-order chi connectivity index (χ1) is 15.5. The molecule has 162 valence electrons. The molecule has 1 saturated heterocycles. The smallest absolute Gasteiger partial charge is 0.268 e. The SMILES string of the molecule is COc1ccc2c(c1)C1(SCCN1C(=O)c1cccc(Cl)c1)C(=O)N2Cc1ccccc1. The maximum Gasteiger partial charge on any atom is 0.268 e. The highest BCUT2D eigenvalue weighted by molar-refractivity contribution is 8.01. The third kappa shape index (κ3) is 3.26. The molecule has 0 saturated carbocycles. The predicted molar refractivity (Wildman–Crippen MR) is 127 cm³/mol. The van der Waals surface area contributed by atoms with Crippen molar-refractivity contribution in [3.8, 4) is 5.75 Å². The van der Waals surface area contributed by atoms with Crippen molar-refractivity contribution in [3.05, 3.63) is 94.5 Å². The average molecular weight is 465 g/mol. The zero-order valence-electron chi connectivity index (χ0n) is 17.5. The minimum absolute atomic E-state index is 0.109. The first kappa shape index (κ1) is 20.9. The molecule has 3 aromatic rings. The first-order valence-electron chi connectivity index (χ1n) is 10.3. The van der Waals surface area contributed by atoms with Gasteiger partial charge in [-0.2, -0.15) is 0 Å². The van der Waals surface area contributed by atoms with Crippen LogP contribution in [0.2, 0.25) is 5.02 Å². The Labute approximate surface area is 195 Å². The molecule has 2 amide bonds. The molecule has 1 unspecified atom stereocenters. The molecule has 5 rings (SSSR count). The second kappa shape index (κ2) is 8.19. The molecular weight excluding hydrogens is 444 g/mol. The van der Waals surface area contributed by atoms with E-state index in [0.29, 0.717) is 35.2 Å². The summed E-state index contributed by atoms with van der Waals surface area (Å²) in [6, 6.07) is 22.4. The van der Waals surface area contributed by atoms with E-state index in [9.17, 15) is 9.59 Å². The molecular formula is C25H21ClN2O3S. The molecule has 5 nitrogen and oxygen atoms in total. The van der Waals surface area contributed by atoms with Crippen molar-refractivity contribution in [1.82, 2.24) is 4.90 Å². The molecule has 0 N–H and O–H groups in total. The summed E-state index contributed by atoms with van der Waals surface area (Å²) in [6.07, 6.45) is 0. The molecule has 2 aliphatic heterocycles. The standard InChI is InChI=1S/C25H21ClN2O3S/c1-31-20-10-11-22-21(15-20)25(24(30)27(22)16-17-6-3-2-4-7-17)28(12-13-32-25)23(29)18-8-5-9-19(26)14-18/h2-11,14-15H,12-13,16H2,1H3. The molecule has 2 aliphatic rings. The predicted octanol–water partition coefficient (Wildman–Crippen LogP) is 4.94. The Morgan fingerprint density at radius 3 is 2.66 bits per heavy atom. The highest BCUT2D eigenvalue weighted by Crippen LogP contribution is 2.55. The Bertz CT molecular complexity index is 1200. The van der Waals surface area contributed by atoms with Gasteiger partial charge in [-0.05, 0) is 42.0 Å². The number of halogens is 1. The van der Waals surface area contributed by atoms with Crippen LogP contribution in [-0.2, 0) is 16.2 Å². The summed E-state index contributed by atoms with van der Waals surface area (Å²) in [5.41, 5.74) is 3.09. The Kier molecular flexibility index (Phi) is 5.35. The number of methoxy groups -OCH3 is 1. The van der Waals surface area contributed by atoms with Gasteiger partial charge in [-0.1, -0.05) is 48.0 Å². The van der Waals surface area contributed by atoms with Crippen LogP contribution in [0.5, 0.6) is 5.75 Å².